The lowest BCUT2D eigenvalue weighted by atomic mass is 9.96. The number of nitrogens with zero attached hydrogens (tertiary/aromatic N) is 2. The fraction of sp³-hybridized carbons (Fsp3) is 0.625. The minimum Gasteiger partial charge on any atom is -0.507 e. The predicted molar refractivity (Wildman–Crippen MR) is 82.7 cm³/mol. The molecule has 4 nitrogen and oxygen atoms in total. The standard InChI is InChI=1S/C16H25N3O/c1-18-9-2-3-14-15(18)5-4-13(16(14)20)6-10-19-11-7-17-8-12-19/h4-5,17,20H,2-3,6-12H2,1H3. The van der Waals surface area contributed by atoms with Gasteiger partial charge in [-0.25, -0.2) is 0 Å². The molecule has 0 amide bonds. The van der Waals surface area contributed by atoms with Gasteiger partial charge in [0, 0.05) is 57.6 Å². The second-order valence-corrected chi connectivity index (χ2v) is 5.94. The molecule has 2 aliphatic rings. The maximum absolute atomic E-state index is 10.5. The predicted octanol–water partition coefficient (Wildman–Crippen LogP) is 1.22. The molecule has 0 spiro atoms. The molecule has 0 saturated carbocycles. The summed E-state index contributed by atoms with van der Waals surface area (Å²) in [5, 5.41) is 13.9. The van der Waals surface area contributed by atoms with Gasteiger partial charge in [-0.3, -0.25) is 0 Å². The quantitative estimate of drug-likeness (QED) is 0.870. The lowest BCUT2D eigenvalue weighted by Crippen LogP contribution is -2.44. The Kier molecular flexibility index (Phi) is 4.13. The Labute approximate surface area is 121 Å². The molecule has 20 heavy (non-hydrogen) atoms. The molecule has 1 aromatic carbocycles. The van der Waals surface area contributed by atoms with Crippen molar-refractivity contribution in [1.29, 1.82) is 0 Å². The van der Waals surface area contributed by atoms with Gasteiger partial charge in [-0.15, -0.1) is 0 Å². The first kappa shape index (κ1) is 13.7. The smallest absolute Gasteiger partial charge is 0.124 e. The van der Waals surface area contributed by atoms with Gasteiger partial charge in [0.25, 0.3) is 0 Å². The van der Waals surface area contributed by atoms with E-state index in [1.807, 2.05) is 0 Å². The van der Waals surface area contributed by atoms with Crippen LogP contribution in [0.5, 0.6) is 5.75 Å². The highest BCUT2D eigenvalue weighted by molar-refractivity contribution is 5.62. The molecule has 0 unspecified atom stereocenters. The summed E-state index contributed by atoms with van der Waals surface area (Å²) in [6, 6.07) is 4.29. The van der Waals surface area contributed by atoms with E-state index in [2.05, 4.69) is 34.3 Å². The number of nitrogens with one attached hydrogen (secondary N) is 1. The largest absolute Gasteiger partial charge is 0.507 e. The Bertz CT molecular complexity index is 469. The minimum atomic E-state index is 0.546. The van der Waals surface area contributed by atoms with Crippen molar-refractivity contribution in [3.8, 4) is 5.75 Å². The third-order valence-electron chi connectivity index (χ3n) is 4.58. The first-order chi connectivity index (χ1) is 9.75. The summed E-state index contributed by atoms with van der Waals surface area (Å²) in [7, 11) is 2.11. The van der Waals surface area contributed by atoms with Gasteiger partial charge in [-0.2, -0.15) is 0 Å². The molecule has 0 bridgehead atoms. The van der Waals surface area contributed by atoms with E-state index in [1.165, 1.54) is 5.69 Å². The molecule has 1 aromatic rings. The first-order valence-electron chi connectivity index (χ1n) is 7.73. The summed E-state index contributed by atoms with van der Waals surface area (Å²) in [5.41, 5.74) is 3.47. The fourth-order valence-corrected chi connectivity index (χ4v) is 3.31. The van der Waals surface area contributed by atoms with Crippen LogP contribution >= 0.6 is 0 Å². The topological polar surface area (TPSA) is 38.7 Å². The summed E-state index contributed by atoms with van der Waals surface area (Å²) >= 11 is 0. The minimum absolute atomic E-state index is 0.546. The summed E-state index contributed by atoms with van der Waals surface area (Å²) in [4.78, 5) is 4.72. The van der Waals surface area contributed by atoms with Crippen LogP contribution in [-0.4, -0.2) is 56.3 Å². The Morgan fingerprint density at radius 3 is 2.80 bits per heavy atom. The van der Waals surface area contributed by atoms with Gasteiger partial charge in [0.1, 0.15) is 5.75 Å². The number of phenolic OH excluding ortho intramolecular Hbond substituents is 1. The zero-order valence-electron chi connectivity index (χ0n) is 12.4. The van der Waals surface area contributed by atoms with E-state index in [4.69, 9.17) is 0 Å². The Hall–Kier alpha value is -1.26. The van der Waals surface area contributed by atoms with Gasteiger partial charge in [-0.1, -0.05) is 6.07 Å². The van der Waals surface area contributed by atoms with Crippen LogP contribution in [0.2, 0.25) is 0 Å². The lowest BCUT2D eigenvalue weighted by molar-refractivity contribution is 0.243. The Morgan fingerprint density at radius 1 is 1.20 bits per heavy atom. The molecule has 2 aliphatic heterocycles. The number of fused-ring (bicyclic) bond motifs is 1. The van der Waals surface area contributed by atoms with Crippen molar-refractivity contribution in [2.45, 2.75) is 19.3 Å². The number of rotatable bonds is 3. The molecule has 2 heterocycles. The van der Waals surface area contributed by atoms with Crippen LogP contribution in [0.3, 0.4) is 0 Å². The highest BCUT2D eigenvalue weighted by Crippen LogP contribution is 2.35. The highest BCUT2D eigenvalue weighted by atomic mass is 16.3. The van der Waals surface area contributed by atoms with E-state index >= 15 is 0 Å². The molecule has 4 heteroatoms. The second kappa shape index (κ2) is 6.02. The van der Waals surface area contributed by atoms with E-state index < -0.39 is 0 Å². The molecule has 1 fully saturated rings. The number of benzene rings is 1. The third-order valence-corrected chi connectivity index (χ3v) is 4.58. The molecule has 1 saturated heterocycles. The monoisotopic (exact) mass is 275 g/mol. The summed E-state index contributed by atoms with van der Waals surface area (Å²) in [6.45, 7) is 6.54. The zero-order valence-corrected chi connectivity index (χ0v) is 12.4. The first-order valence-corrected chi connectivity index (χ1v) is 7.73. The maximum Gasteiger partial charge on any atom is 0.124 e. The van der Waals surface area contributed by atoms with Crippen LogP contribution in [0.15, 0.2) is 12.1 Å². The van der Waals surface area contributed by atoms with Gasteiger partial charge in [-0.05, 0) is 30.9 Å². The summed E-state index contributed by atoms with van der Waals surface area (Å²) in [6.07, 6.45) is 3.09. The maximum atomic E-state index is 10.5. The molecule has 0 atom stereocenters. The Morgan fingerprint density at radius 2 is 2.00 bits per heavy atom. The van der Waals surface area contributed by atoms with Crippen LogP contribution in [0.1, 0.15) is 17.5 Å². The number of hydrogen-bond donors (Lipinski definition) is 2. The highest BCUT2D eigenvalue weighted by Gasteiger charge is 2.19. The van der Waals surface area contributed by atoms with Crippen molar-refractivity contribution >= 4 is 5.69 Å². The van der Waals surface area contributed by atoms with E-state index in [1.54, 1.807) is 0 Å². The molecular formula is C16H25N3O. The lowest BCUT2D eigenvalue weighted by Gasteiger charge is -2.30. The van der Waals surface area contributed by atoms with E-state index in [9.17, 15) is 5.11 Å². The fourth-order valence-electron chi connectivity index (χ4n) is 3.31. The van der Waals surface area contributed by atoms with Gasteiger partial charge in [0.2, 0.25) is 0 Å². The molecular weight excluding hydrogens is 250 g/mol. The number of piperazine rings is 1. The van der Waals surface area contributed by atoms with Gasteiger partial charge < -0.3 is 20.2 Å². The van der Waals surface area contributed by atoms with Crippen LogP contribution in [0, 0.1) is 0 Å². The number of phenols is 1. The van der Waals surface area contributed by atoms with Crippen LogP contribution in [0.4, 0.5) is 5.69 Å². The molecule has 0 aromatic heterocycles. The zero-order chi connectivity index (χ0) is 13.9. The Balaban J connectivity index is 1.70. The summed E-state index contributed by atoms with van der Waals surface area (Å²) < 4.78 is 0. The molecule has 3 rings (SSSR count). The number of hydrogen-bond acceptors (Lipinski definition) is 4. The molecule has 0 aliphatic carbocycles. The van der Waals surface area contributed by atoms with Gasteiger partial charge in [0.15, 0.2) is 0 Å². The van der Waals surface area contributed by atoms with Crippen molar-refractivity contribution in [1.82, 2.24) is 10.2 Å². The number of aromatic hydroxyl groups is 1. The second-order valence-electron chi connectivity index (χ2n) is 5.94. The SMILES string of the molecule is CN1CCCc2c1ccc(CCN1CCNCC1)c2O. The van der Waals surface area contributed by atoms with Gasteiger partial charge in [0.05, 0.1) is 0 Å². The molecule has 2 N–H and O–H groups in total. The van der Waals surface area contributed by atoms with Crippen molar-refractivity contribution < 1.29 is 5.11 Å². The van der Waals surface area contributed by atoms with Crippen molar-refractivity contribution in [2.24, 2.45) is 0 Å². The van der Waals surface area contributed by atoms with E-state index in [0.29, 0.717) is 5.75 Å². The third kappa shape index (κ3) is 2.76. The van der Waals surface area contributed by atoms with Crippen molar-refractivity contribution in [3.05, 3.63) is 23.3 Å². The van der Waals surface area contributed by atoms with Crippen LogP contribution < -0.4 is 10.2 Å². The summed E-state index contributed by atoms with van der Waals surface area (Å²) in [5.74, 6) is 0.546. The van der Waals surface area contributed by atoms with Crippen LogP contribution in [-0.2, 0) is 12.8 Å². The van der Waals surface area contributed by atoms with E-state index in [-0.39, 0.29) is 0 Å². The molecule has 0 radical (unpaired) electrons. The van der Waals surface area contributed by atoms with E-state index in [0.717, 1.165) is 69.7 Å². The van der Waals surface area contributed by atoms with Gasteiger partial charge >= 0.3 is 0 Å². The van der Waals surface area contributed by atoms with Crippen molar-refractivity contribution in [3.63, 3.8) is 0 Å². The average Bonchev–Trinajstić information content (AvgIpc) is 2.48. The number of anilines is 1. The normalized spacial score (nSPS) is 19.9. The van der Waals surface area contributed by atoms with Crippen LogP contribution in [0.25, 0.3) is 0 Å². The van der Waals surface area contributed by atoms with Crippen molar-refractivity contribution in [2.75, 3.05) is 51.2 Å². The average molecular weight is 275 g/mol. The molecule has 110 valence electrons.